The fraction of sp³-hybridized carbons (Fsp3) is 0.533. The van der Waals surface area contributed by atoms with Gasteiger partial charge >= 0.3 is 10.2 Å². The van der Waals surface area contributed by atoms with Gasteiger partial charge in [-0.2, -0.15) is 12.7 Å². The molecule has 0 radical (unpaired) electrons. The first-order valence-corrected chi connectivity index (χ1v) is 8.99. The van der Waals surface area contributed by atoms with Crippen LogP contribution in [0.15, 0.2) is 24.3 Å². The molecule has 0 unspecified atom stereocenters. The first kappa shape index (κ1) is 20.3. The number of nitrogens with zero attached hydrogens (tertiary/aromatic N) is 2. The summed E-state index contributed by atoms with van der Waals surface area (Å²) in [6.45, 7) is 2.82. The van der Waals surface area contributed by atoms with Crippen LogP contribution in [0.2, 0.25) is 0 Å². The molecule has 0 spiro atoms. The molecule has 7 nitrogen and oxygen atoms in total. The number of hydrogen-bond donors (Lipinski definition) is 1. The minimum absolute atomic E-state index is 0.171. The van der Waals surface area contributed by atoms with E-state index < -0.39 is 28.5 Å². The van der Waals surface area contributed by atoms with Gasteiger partial charge in [-0.3, -0.25) is 4.79 Å². The molecular weight excluding hydrogens is 337 g/mol. The van der Waals surface area contributed by atoms with Crippen LogP contribution >= 0.6 is 0 Å². The van der Waals surface area contributed by atoms with Gasteiger partial charge in [0.2, 0.25) is 5.91 Å². The van der Waals surface area contributed by atoms with E-state index in [1.54, 1.807) is 0 Å². The van der Waals surface area contributed by atoms with E-state index in [1.807, 2.05) is 6.92 Å². The molecule has 0 aliphatic carbocycles. The summed E-state index contributed by atoms with van der Waals surface area (Å²) in [5.74, 6) is -1.23. The van der Waals surface area contributed by atoms with Crippen molar-refractivity contribution in [2.24, 2.45) is 0 Å². The highest BCUT2D eigenvalue weighted by atomic mass is 32.2. The topological polar surface area (TPSA) is 79.0 Å². The molecule has 0 bridgehead atoms. The summed E-state index contributed by atoms with van der Waals surface area (Å²) in [5, 5.41) is 2.61. The van der Waals surface area contributed by atoms with Crippen molar-refractivity contribution in [1.82, 2.24) is 9.62 Å². The number of rotatable bonds is 10. The average Bonchev–Trinajstić information content (AvgIpc) is 2.53. The number of amides is 1. The van der Waals surface area contributed by atoms with Crippen molar-refractivity contribution >= 4 is 21.8 Å². The molecule has 0 saturated carbocycles. The summed E-state index contributed by atoms with van der Waals surface area (Å²) in [5.41, 5.74) is -0.171. The second-order valence-corrected chi connectivity index (χ2v) is 7.22. The second kappa shape index (κ2) is 9.55. The quantitative estimate of drug-likeness (QED) is 0.630. The monoisotopic (exact) mass is 361 g/mol. The van der Waals surface area contributed by atoms with Gasteiger partial charge in [-0.25, -0.2) is 8.70 Å². The van der Waals surface area contributed by atoms with E-state index in [2.05, 4.69) is 5.32 Å². The number of carbonyl (C=O) groups excluding carboxylic acids is 1. The molecule has 9 heteroatoms. The van der Waals surface area contributed by atoms with Crippen LogP contribution in [0.4, 0.5) is 10.1 Å². The Morgan fingerprint density at radius 3 is 2.54 bits per heavy atom. The molecular formula is C15H24FN3O4S. The van der Waals surface area contributed by atoms with E-state index in [1.165, 1.54) is 32.3 Å². The van der Waals surface area contributed by atoms with Crippen LogP contribution in [0, 0.1) is 5.82 Å². The van der Waals surface area contributed by atoms with Crippen molar-refractivity contribution in [2.45, 2.75) is 13.3 Å². The molecule has 0 aromatic heterocycles. The molecule has 1 aromatic rings. The Morgan fingerprint density at radius 1 is 1.29 bits per heavy atom. The van der Waals surface area contributed by atoms with E-state index in [-0.39, 0.29) is 5.69 Å². The van der Waals surface area contributed by atoms with Crippen molar-refractivity contribution in [1.29, 1.82) is 0 Å². The second-order valence-electron chi connectivity index (χ2n) is 5.15. The number of carbonyl (C=O) groups is 1. The zero-order valence-electron chi connectivity index (χ0n) is 14.2. The lowest BCUT2D eigenvalue weighted by atomic mass is 10.3. The molecule has 1 aromatic carbocycles. The van der Waals surface area contributed by atoms with E-state index in [0.29, 0.717) is 26.2 Å². The Labute approximate surface area is 142 Å². The molecule has 136 valence electrons. The fourth-order valence-corrected chi connectivity index (χ4v) is 2.95. The highest BCUT2D eigenvalue weighted by Crippen LogP contribution is 2.22. The van der Waals surface area contributed by atoms with Gasteiger partial charge in [0, 0.05) is 33.9 Å². The third-order valence-electron chi connectivity index (χ3n) is 3.14. The van der Waals surface area contributed by atoms with Gasteiger partial charge in [0.25, 0.3) is 0 Å². The first-order valence-electron chi connectivity index (χ1n) is 7.59. The predicted octanol–water partition coefficient (Wildman–Crippen LogP) is 0.981. The van der Waals surface area contributed by atoms with Crippen LogP contribution in [-0.4, -0.2) is 59.0 Å². The van der Waals surface area contributed by atoms with E-state index >= 15 is 0 Å². The Hall–Kier alpha value is -1.71. The van der Waals surface area contributed by atoms with E-state index in [9.17, 15) is 17.6 Å². The molecule has 24 heavy (non-hydrogen) atoms. The van der Waals surface area contributed by atoms with Crippen LogP contribution in [-0.2, 0) is 19.7 Å². The molecule has 0 aliphatic rings. The summed E-state index contributed by atoms with van der Waals surface area (Å²) in [4.78, 5) is 12.0. The van der Waals surface area contributed by atoms with E-state index in [0.717, 1.165) is 14.7 Å². The van der Waals surface area contributed by atoms with Crippen LogP contribution in [0.3, 0.4) is 0 Å². The maximum Gasteiger partial charge on any atom is 0.304 e. The van der Waals surface area contributed by atoms with Crippen molar-refractivity contribution in [3.63, 3.8) is 0 Å². The Kier molecular flexibility index (Phi) is 8.09. The summed E-state index contributed by atoms with van der Waals surface area (Å²) >= 11 is 0. The molecule has 1 N–H and O–H groups in total. The fourth-order valence-electron chi connectivity index (χ4n) is 1.87. The lowest BCUT2D eigenvalue weighted by molar-refractivity contribution is -0.119. The van der Waals surface area contributed by atoms with Gasteiger partial charge in [-0.15, -0.1) is 0 Å². The summed E-state index contributed by atoms with van der Waals surface area (Å²) in [6.07, 6.45) is 0.611. The van der Waals surface area contributed by atoms with Gasteiger partial charge < -0.3 is 10.1 Å². The molecule has 0 atom stereocenters. The van der Waals surface area contributed by atoms with Gasteiger partial charge in [-0.1, -0.05) is 12.1 Å². The van der Waals surface area contributed by atoms with E-state index in [4.69, 9.17) is 4.74 Å². The molecule has 0 heterocycles. The van der Waals surface area contributed by atoms with Crippen molar-refractivity contribution in [3.05, 3.63) is 30.1 Å². The number of hydrogen-bond acceptors (Lipinski definition) is 4. The maximum absolute atomic E-state index is 14.0. The Bertz CT molecular complexity index is 637. The number of benzene rings is 1. The standard InChI is InChI=1S/C15H24FN3O4S/c1-4-23-11-7-10-17-15(20)12-19(24(21,22)18(2)3)14-9-6-5-8-13(14)16/h5-6,8-9H,4,7,10-12H2,1-3H3,(H,17,20). The lowest BCUT2D eigenvalue weighted by Gasteiger charge is -2.27. The minimum Gasteiger partial charge on any atom is -0.382 e. The normalized spacial score (nSPS) is 11.5. The number of anilines is 1. The Morgan fingerprint density at radius 2 is 1.96 bits per heavy atom. The minimum atomic E-state index is -4.01. The first-order chi connectivity index (χ1) is 11.3. The third-order valence-corrected chi connectivity index (χ3v) is 4.95. The number of nitrogens with one attached hydrogen (secondary N) is 1. The molecule has 0 fully saturated rings. The van der Waals surface area contributed by atoms with Gasteiger partial charge in [-0.05, 0) is 25.5 Å². The van der Waals surface area contributed by atoms with Gasteiger partial charge in [0.15, 0.2) is 0 Å². The number of halogens is 1. The van der Waals surface area contributed by atoms with Gasteiger partial charge in [0.05, 0.1) is 5.69 Å². The number of ether oxygens (including phenoxy) is 1. The third kappa shape index (κ3) is 5.73. The summed E-state index contributed by atoms with van der Waals surface area (Å²) in [6, 6.07) is 5.43. The molecule has 0 aliphatic heterocycles. The smallest absolute Gasteiger partial charge is 0.304 e. The highest BCUT2D eigenvalue weighted by Gasteiger charge is 2.29. The van der Waals surface area contributed by atoms with Crippen LogP contribution in [0.25, 0.3) is 0 Å². The molecule has 1 rings (SSSR count). The predicted molar refractivity (Wildman–Crippen MR) is 90.5 cm³/mol. The van der Waals surface area contributed by atoms with Crippen LogP contribution < -0.4 is 9.62 Å². The average molecular weight is 361 g/mol. The van der Waals surface area contributed by atoms with Crippen molar-refractivity contribution < 1.29 is 22.3 Å². The van der Waals surface area contributed by atoms with Gasteiger partial charge in [0.1, 0.15) is 12.4 Å². The summed E-state index contributed by atoms with van der Waals surface area (Å²) < 4.78 is 45.7. The van der Waals surface area contributed by atoms with Crippen LogP contribution in [0.1, 0.15) is 13.3 Å². The Balaban J connectivity index is 2.85. The highest BCUT2D eigenvalue weighted by molar-refractivity contribution is 7.90. The largest absolute Gasteiger partial charge is 0.382 e. The zero-order valence-corrected chi connectivity index (χ0v) is 15.0. The van der Waals surface area contributed by atoms with Crippen molar-refractivity contribution in [2.75, 3.05) is 44.7 Å². The summed E-state index contributed by atoms with van der Waals surface area (Å²) in [7, 11) is -1.36. The maximum atomic E-state index is 14.0. The zero-order chi connectivity index (χ0) is 18.2. The van der Waals surface area contributed by atoms with Crippen molar-refractivity contribution in [3.8, 4) is 0 Å². The van der Waals surface area contributed by atoms with Crippen LogP contribution in [0.5, 0.6) is 0 Å². The number of para-hydroxylation sites is 1. The lowest BCUT2D eigenvalue weighted by Crippen LogP contribution is -2.46. The SMILES string of the molecule is CCOCCCNC(=O)CN(c1ccccc1F)S(=O)(=O)N(C)C. The molecule has 1 amide bonds. The molecule has 0 saturated heterocycles.